The third kappa shape index (κ3) is 2.50. The van der Waals surface area contributed by atoms with Crippen LogP contribution in [-0.4, -0.2) is 6.71 Å². The Hall–Kier alpha value is -2.35. The average Bonchev–Trinajstić information content (AvgIpc) is 2.56. The second-order valence-electron chi connectivity index (χ2n) is 4.97. The summed E-state index contributed by atoms with van der Waals surface area (Å²) in [5.74, 6) is 0. The quantitative estimate of drug-likeness (QED) is 0.501. The lowest BCUT2D eigenvalue weighted by Crippen LogP contribution is -2.46. The molecule has 0 aliphatic rings. The van der Waals surface area contributed by atoms with Crippen LogP contribution < -0.4 is 15.5 Å². The molecule has 0 aliphatic heterocycles. The summed E-state index contributed by atoms with van der Waals surface area (Å²) in [5.41, 5.74) is 3.93. The van der Waals surface area contributed by atoms with Crippen LogP contribution in [0.15, 0.2) is 85.2 Å². The van der Waals surface area contributed by atoms with Gasteiger partial charge in [-0.3, -0.25) is 0 Å². The topological polar surface area (TPSA) is 3.88 Å². The minimum absolute atomic E-state index is 0.375. The van der Waals surface area contributed by atoms with Crippen molar-refractivity contribution in [3.63, 3.8) is 0 Å². The standard InChI is InChI=1S/C18H17BN/c1-19(16-10-4-2-5-11-16)17-12-6-7-13-18(17)20-14-8-3-9-15-20/h2-15H,1H3/q+1. The van der Waals surface area contributed by atoms with Crippen LogP contribution in [0.2, 0.25) is 6.82 Å². The molecular weight excluding hydrogens is 241 g/mol. The summed E-state index contributed by atoms with van der Waals surface area (Å²) in [6, 6.07) is 25.4. The van der Waals surface area contributed by atoms with Crippen LogP contribution in [0.4, 0.5) is 0 Å². The molecule has 1 aromatic heterocycles. The summed E-state index contributed by atoms with van der Waals surface area (Å²) in [7, 11) is 0. The van der Waals surface area contributed by atoms with E-state index in [1.807, 2.05) is 6.07 Å². The number of aromatic nitrogens is 1. The molecule has 1 heterocycles. The van der Waals surface area contributed by atoms with Crippen LogP contribution in [0.1, 0.15) is 0 Å². The van der Waals surface area contributed by atoms with Crippen molar-refractivity contribution in [1.82, 2.24) is 0 Å². The van der Waals surface area contributed by atoms with Crippen molar-refractivity contribution >= 4 is 17.6 Å². The summed E-state index contributed by atoms with van der Waals surface area (Å²) >= 11 is 0. The minimum atomic E-state index is 0.375. The highest BCUT2D eigenvalue weighted by atomic mass is 14.9. The number of pyridine rings is 1. The van der Waals surface area contributed by atoms with Gasteiger partial charge in [-0.25, -0.2) is 0 Å². The molecule has 0 saturated carbocycles. The van der Waals surface area contributed by atoms with Gasteiger partial charge in [0, 0.05) is 18.2 Å². The van der Waals surface area contributed by atoms with Gasteiger partial charge in [-0.05, 0) is 5.46 Å². The molecule has 2 heteroatoms. The summed E-state index contributed by atoms with van der Waals surface area (Å²) in [4.78, 5) is 0. The number of hydrogen-bond donors (Lipinski definition) is 0. The number of hydrogen-bond acceptors (Lipinski definition) is 0. The van der Waals surface area contributed by atoms with Gasteiger partial charge in [-0.2, -0.15) is 4.57 Å². The van der Waals surface area contributed by atoms with Gasteiger partial charge in [0.15, 0.2) is 12.4 Å². The Morgan fingerprint density at radius 1 is 0.700 bits per heavy atom. The average molecular weight is 258 g/mol. The summed E-state index contributed by atoms with van der Waals surface area (Å²) in [6.07, 6.45) is 4.19. The molecule has 20 heavy (non-hydrogen) atoms. The Labute approximate surface area is 120 Å². The molecule has 0 bridgehead atoms. The van der Waals surface area contributed by atoms with Crippen LogP contribution in [0.25, 0.3) is 5.69 Å². The Kier molecular flexibility index (Phi) is 3.64. The zero-order valence-electron chi connectivity index (χ0n) is 11.6. The molecule has 3 aromatic rings. The van der Waals surface area contributed by atoms with Gasteiger partial charge >= 0.3 is 0 Å². The summed E-state index contributed by atoms with van der Waals surface area (Å²) < 4.78 is 2.18. The third-order valence-corrected chi connectivity index (χ3v) is 3.70. The lowest BCUT2D eigenvalue weighted by Gasteiger charge is -2.10. The van der Waals surface area contributed by atoms with Crippen molar-refractivity contribution in [2.45, 2.75) is 6.82 Å². The van der Waals surface area contributed by atoms with Crippen LogP contribution in [0.3, 0.4) is 0 Å². The third-order valence-electron chi connectivity index (χ3n) is 3.70. The summed E-state index contributed by atoms with van der Waals surface area (Å²) in [5, 5.41) is 0. The smallest absolute Gasteiger partial charge is 0.168 e. The van der Waals surface area contributed by atoms with E-state index in [4.69, 9.17) is 0 Å². The van der Waals surface area contributed by atoms with E-state index in [-0.39, 0.29) is 0 Å². The molecule has 0 amide bonds. The maximum absolute atomic E-state index is 2.26. The van der Waals surface area contributed by atoms with Crippen LogP contribution in [0.5, 0.6) is 0 Å². The molecular formula is C18H17BN+. The van der Waals surface area contributed by atoms with E-state index in [2.05, 4.69) is 90.5 Å². The maximum atomic E-state index is 2.26. The van der Waals surface area contributed by atoms with Gasteiger partial charge in [0.05, 0.1) is 0 Å². The van der Waals surface area contributed by atoms with Gasteiger partial charge in [0.1, 0.15) is 0 Å². The first kappa shape index (κ1) is 12.7. The fraction of sp³-hybridized carbons (Fsp3) is 0.0556. The largest absolute Gasteiger partial charge is 0.214 e. The zero-order chi connectivity index (χ0) is 13.8. The normalized spacial score (nSPS) is 10.2. The fourth-order valence-electron chi connectivity index (χ4n) is 2.57. The molecule has 2 aromatic carbocycles. The lowest BCUT2D eigenvalue weighted by molar-refractivity contribution is -0.594. The van der Waals surface area contributed by atoms with Crippen molar-refractivity contribution in [2.75, 3.05) is 0 Å². The Morgan fingerprint density at radius 3 is 2.05 bits per heavy atom. The summed E-state index contributed by atoms with van der Waals surface area (Å²) in [6.45, 7) is 2.64. The van der Waals surface area contributed by atoms with E-state index in [1.165, 1.54) is 16.6 Å². The van der Waals surface area contributed by atoms with Crippen molar-refractivity contribution in [1.29, 1.82) is 0 Å². The Bertz CT molecular complexity index is 680. The van der Waals surface area contributed by atoms with Crippen molar-refractivity contribution < 1.29 is 4.57 Å². The van der Waals surface area contributed by atoms with E-state index in [9.17, 15) is 0 Å². The first-order valence-electron chi connectivity index (χ1n) is 6.97. The molecule has 1 nitrogen and oxygen atoms in total. The molecule has 0 spiro atoms. The molecule has 0 fully saturated rings. The number of nitrogens with zero attached hydrogens (tertiary/aromatic N) is 1. The molecule has 96 valence electrons. The number of rotatable bonds is 3. The van der Waals surface area contributed by atoms with E-state index in [0.717, 1.165) is 0 Å². The van der Waals surface area contributed by atoms with Crippen molar-refractivity contribution in [3.8, 4) is 5.69 Å². The maximum Gasteiger partial charge on any atom is 0.214 e. The first-order chi connectivity index (χ1) is 9.86. The highest BCUT2D eigenvalue weighted by Crippen LogP contribution is 2.00. The van der Waals surface area contributed by atoms with Crippen LogP contribution in [-0.2, 0) is 0 Å². The number of benzene rings is 2. The van der Waals surface area contributed by atoms with Gasteiger partial charge in [0.25, 0.3) is 0 Å². The van der Waals surface area contributed by atoms with Gasteiger partial charge in [-0.1, -0.05) is 66.9 Å². The fourth-order valence-corrected chi connectivity index (χ4v) is 2.57. The highest BCUT2D eigenvalue weighted by molar-refractivity contribution is 6.84. The molecule has 0 aliphatic carbocycles. The predicted molar refractivity (Wildman–Crippen MR) is 85.3 cm³/mol. The Balaban J connectivity index is 2.07. The minimum Gasteiger partial charge on any atom is -0.168 e. The molecule has 3 rings (SSSR count). The van der Waals surface area contributed by atoms with Gasteiger partial charge in [0.2, 0.25) is 12.4 Å². The van der Waals surface area contributed by atoms with E-state index < -0.39 is 0 Å². The second kappa shape index (κ2) is 5.75. The SMILES string of the molecule is CB(c1ccccc1)c1ccccc1-[n+]1ccccc1. The number of para-hydroxylation sites is 1. The van der Waals surface area contributed by atoms with E-state index in [0.29, 0.717) is 6.71 Å². The molecule has 0 saturated heterocycles. The van der Waals surface area contributed by atoms with Crippen LogP contribution in [0, 0.1) is 0 Å². The Morgan fingerprint density at radius 2 is 1.30 bits per heavy atom. The first-order valence-corrected chi connectivity index (χ1v) is 6.97. The monoisotopic (exact) mass is 258 g/mol. The zero-order valence-corrected chi connectivity index (χ0v) is 11.6. The van der Waals surface area contributed by atoms with Crippen molar-refractivity contribution in [2.24, 2.45) is 0 Å². The molecule has 0 unspecified atom stereocenters. The van der Waals surface area contributed by atoms with Crippen molar-refractivity contribution in [3.05, 3.63) is 85.2 Å². The lowest BCUT2D eigenvalue weighted by atomic mass is 9.42. The molecule has 0 radical (unpaired) electrons. The van der Waals surface area contributed by atoms with Crippen LogP contribution >= 0.6 is 0 Å². The van der Waals surface area contributed by atoms with E-state index >= 15 is 0 Å². The molecule has 0 N–H and O–H groups in total. The second-order valence-corrected chi connectivity index (χ2v) is 4.97. The van der Waals surface area contributed by atoms with Gasteiger partial charge < -0.3 is 0 Å². The predicted octanol–water partition coefficient (Wildman–Crippen LogP) is 2.20. The van der Waals surface area contributed by atoms with Gasteiger partial charge in [-0.15, -0.1) is 0 Å². The molecule has 0 atom stereocenters. The highest BCUT2D eigenvalue weighted by Gasteiger charge is 2.20. The van der Waals surface area contributed by atoms with E-state index in [1.54, 1.807) is 0 Å².